The van der Waals surface area contributed by atoms with E-state index < -0.39 is 5.63 Å². The zero-order valence-corrected chi connectivity index (χ0v) is 12.5. The summed E-state index contributed by atoms with van der Waals surface area (Å²) in [5.74, 6) is -0.210. The third-order valence-corrected chi connectivity index (χ3v) is 3.95. The molecule has 0 radical (unpaired) electrons. The first-order chi connectivity index (χ1) is 10.5. The molecular weight excluding hydrogens is 304 g/mol. The smallest absolute Gasteiger partial charge is 0.347 e. The normalized spacial score (nSPS) is 11.0. The Balaban J connectivity index is 2.31. The van der Waals surface area contributed by atoms with E-state index in [4.69, 9.17) is 16.0 Å². The summed E-state index contributed by atoms with van der Waals surface area (Å²) in [6, 6.07) is 9.34. The number of rotatable bonds is 2. The highest BCUT2D eigenvalue weighted by atomic mass is 35.5. The highest BCUT2D eigenvalue weighted by molar-refractivity contribution is 6.31. The predicted molar refractivity (Wildman–Crippen MR) is 85.6 cm³/mol. The van der Waals surface area contributed by atoms with Crippen molar-refractivity contribution in [3.63, 3.8) is 0 Å². The van der Waals surface area contributed by atoms with E-state index in [1.165, 1.54) is 18.2 Å². The Morgan fingerprint density at radius 1 is 1.14 bits per heavy atom. The highest BCUT2D eigenvalue weighted by Crippen LogP contribution is 2.35. The van der Waals surface area contributed by atoms with E-state index in [0.717, 1.165) is 5.56 Å². The lowest BCUT2D eigenvalue weighted by Crippen LogP contribution is -2.04. The van der Waals surface area contributed by atoms with Crippen LogP contribution in [-0.4, -0.2) is 10.2 Å². The van der Waals surface area contributed by atoms with E-state index >= 15 is 0 Å². The van der Waals surface area contributed by atoms with Crippen LogP contribution >= 0.6 is 11.6 Å². The van der Waals surface area contributed by atoms with Crippen LogP contribution in [0.5, 0.6) is 11.5 Å². The lowest BCUT2D eigenvalue weighted by molar-refractivity contribution is 0.465. The van der Waals surface area contributed by atoms with Crippen molar-refractivity contribution in [1.29, 1.82) is 0 Å². The van der Waals surface area contributed by atoms with Gasteiger partial charge < -0.3 is 14.6 Å². The monoisotopic (exact) mass is 316 g/mol. The van der Waals surface area contributed by atoms with Gasteiger partial charge in [-0.3, -0.25) is 0 Å². The molecule has 3 aromatic rings. The molecular formula is C17H13ClO4. The number of hydrogen-bond donors (Lipinski definition) is 2. The quantitative estimate of drug-likeness (QED) is 0.699. The van der Waals surface area contributed by atoms with E-state index in [0.29, 0.717) is 22.4 Å². The van der Waals surface area contributed by atoms with Gasteiger partial charge in [0, 0.05) is 11.1 Å². The summed E-state index contributed by atoms with van der Waals surface area (Å²) in [5.41, 5.74) is 0.978. The Kier molecular flexibility index (Phi) is 3.54. The zero-order valence-electron chi connectivity index (χ0n) is 11.8. The molecule has 3 rings (SSSR count). The molecule has 0 unspecified atom stereocenters. The minimum atomic E-state index is -0.667. The number of aryl methyl sites for hydroxylation is 1. The number of aromatic hydroxyl groups is 2. The fourth-order valence-electron chi connectivity index (χ4n) is 2.43. The van der Waals surface area contributed by atoms with E-state index in [1.807, 2.05) is 6.92 Å². The second-order valence-electron chi connectivity index (χ2n) is 4.95. The minimum absolute atomic E-state index is 0.0393. The number of phenolic OH excluding ortho intramolecular Hbond substituents is 1. The second kappa shape index (κ2) is 5.39. The second-order valence-corrected chi connectivity index (χ2v) is 5.36. The van der Waals surface area contributed by atoms with Crippen LogP contribution in [0.15, 0.2) is 45.6 Å². The molecule has 2 N–H and O–H groups in total. The Morgan fingerprint density at radius 3 is 2.64 bits per heavy atom. The zero-order chi connectivity index (χ0) is 15.9. The van der Waals surface area contributed by atoms with Crippen molar-refractivity contribution in [2.45, 2.75) is 13.3 Å². The molecule has 0 atom stereocenters. The standard InChI is InChI=1S/C17H13ClO4/c1-2-9-7-10(3-6-13(9)18)15-16(20)12-5-4-11(19)8-14(12)22-17(15)21/h3-8,19-20H,2H2,1H3. The average Bonchev–Trinajstić information content (AvgIpc) is 2.48. The van der Waals surface area contributed by atoms with Gasteiger partial charge >= 0.3 is 5.63 Å². The summed E-state index contributed by atoms with van der Waals surface area (Å²) in [6.45, 7) is 1.95. The average molecular weight is 317 g/mol. The van der Waals surface area contributed by atoms with Crippen molar-refractivity contribution in [3.05, 3.63) is 57.4 Å². The van der Waals surface area contributed by atoms with Crippen LogP contribution < -0.4 is 5.63 Å². The first-order valence-corrected chi connectivity index (χ1v) is 7.16. The molecule has 1 aromatic heterocycles. The van der Waals surface area contributed by atoms with Crippen LogP contribution in [-0.2, 0) is 6.42 Å². The number of fused-ring (bicyclic) bond motifs is 1. The van der Waals surface area contributed by atoms with E-state index in [-0.39, 0.29) is 22.6 Å². The Bertz CT molecular complexity index is 928. The van der Waals surface area contributed by atoms with Crippen molar-refractivity contribution in [2.24, 2.45) is 0 Å². The molecule has 1 heterocycles. The number of phenols is 1. The molecule has 5 heteroatoms. The SMILES string of the molecule is CCc1cc(-c2c(O)c3ccc(O)cc3oc2=O)ccc1Cl. The molecule has 0 saturated heterocycles. The number of hydrogen-bond acceptors (Lipinski definition) is 4. The maximum atomic E-state index is 12.2. The summed E-state index contributed by atoms with van der Waals surface area (Å²) in [6.07, 6.45) is 0.709. The molecule has 0 fully saturated rings. The van der Waals surface area contributed by atoms with Gasteiger partial charge in [0.25, 0.3) is 0 Å². The predicted octanol–water partition coefficient (Wildman–Crippen LogP) is 4.09. The topological polar surface area (TPSA) is 70.7 Å². The maximum Gasteiger partial charge on any atom is 0.347 e. The van der Waals surface area contributed by atoms with Gasteiger partial charge in [-0.05, 0) is 41.8 Å². The van der Waals surface area contributed by atoms with Crippen molar-refractivity contribution in [3.8, 4) is 22.6 Å². The Morgan fingerprint density at radius 2 is 1.91 bits per heavy atom. The highest BCUT2D eigenvalue weighted by Gasteiger charge is 2.17. The first-order valence-electron chi connectivity index (χ1n) is 6.79. The molecule has 0 amide bonds. The molecule has 112 valence electrons. The fraction of sp³-hybridized carbons (Fsp3) is 0.118. The van der Waals surface area contributed by atoms with Crippen molar-refractivity contribution < 1.29 is 14.6 Å². The van der Waals surface area contributed by atoms with Gasteiger partial charge in [-0.1, -0.05) is 24.6 Å². The van der Waals surface area contributed by atoms with E-state index in [9.17, 15) is 15.0 Å². The summed E-state index contributed by atoms with van der Waals surface area (Å²) in [5, 5.41) is 20.8. The first kappa shape index (κ1) is 14.5. The summed E-state index contributed by atoms with van der Waals surface area (Å²) in [4.78, 5) is 12.2. The van der Waals surface area contributed by atoms with Gasteiger partial charge in [-0.15, -0.1) is 0 Å². The van der Waals surface area contributed by atoms with Gasteiger partial charge in [0.2, 0.25) is 0 Å². The van der Waals surface area contributed by atoms with Crippen LogP contribution in [0.4, 0.5) is 0 Å². The van der Waals surface area contributed by atoms with Crippen LogP contribution in [0, 0.1) is 0 Å². The molecule has 0 aliphatic heterocycles. The van der Waals surface area contributed by atoms with Crippen LogP contribution in [0.2, 0.25) is 5.02 Å². The molecule has 22 heavy (non-hydrogen) atoms. The van der Waals surface area contributed by atoms with Gasteiger partial charge in [-0.25, -0.2) is 4.79 Å². The van der Waals surface area contributed by atoms with Crippen LogP contribution in [0.1, 0.15) is 12.5 Å². The van der Waals surface area contributed by atoms with E-state index in [2.05, 4.69) is 0 Å². The van der Waals surface area contributed by atoms with E-state index in [1.54, 1.807) is 18.2 Å². The third-order valence-electron chi connectivity index (χ3n) is 3.58. The lowest BCUT2D eigenvalue weighted by Gasteiger charge is -2.09. The van der Waals surface area contributed by atoms with Crippen molar-refractivity contribution >= 4 is 22.6 Å². The maximum absolute atomic E-state index is 12.2. The van der Waals surface area contributed by atoms with Gasteiger partial charge in [0.15, 0.2) is 0 Å². The van der Waals surface area contributed by atoms with Crippen LogP contribution in [0.3, 0.4) is 0 Å². The van der Waals surface area contributed by atoms with Gasteiger partial charge in [-0.2, -0.15) is 0 Å². The molecule has 2 aromatic carbocycles. The summed E-state index contributed by atoms with van der Waals surface area (Å²) in [7, 11) is 0. The summed E-state index contributed by atoms with van der Waals surface area (Å²) < 4.78 is 5.20. The van der Waals surface area contributed by atoms with Crippen molar-refractivity contribution in [1.82, 2.24) is 0 Å². The molecule has 0 aliphatic carbocycles. The lowest BCUT2D eigenvalue weighted by atomic mass is 10.0. The minimum Gasteiger partial charge on any atom is -0.508 e. The number of halogens is 1. The number of benzene rings is 2. The van der Waals surface area contributed by atoms with Crippen LogP contribution in [0.25, 0.3) is 22.1 Å². The molecule has 0 spiro atoms. The van der Waals surface area contributed by atoms with Gasteiger partial charge in [0.05, 0.1) is 5.39 Å². The molecule has 0 saturated carbocycles. The van der Waals surface area contributed by atoms with Gasteiger partial charge in [0.1, 0.15) is 22.6 Å². The van der Waals surface area contributed by atoms with Crippen molar-refractivity contribution in [2.75, 3.05) is 0 Å². The molecule has 4 nitrogen and oxygen atoms in total. The largest absolute Gasteiger partial charge is 0.508 e. The molecule has 0 aliphatic rings. The summed E-state index contributed by atoms with van der Waals surface area (Å²) >= 11 is 6.08. The Labute approximate surface area is 131 Å². The third kappa shape index (κ3) is 2.31. The molecule has 0 bridgehead atoms. The fourth-order valence-corrected chi connectivity index (χ4v) is 2.68. The Hall–Kier alpha value is -2.46.